The quantitative estimate of drug-likeness (QED) is 0.260. The molecule has 4 rings (SSSR count). The van der Waals surface area contributed by atoms with Gasteiger partial charge in [-0.1, -0.05) is 91.0 Å². The van der Waals surface area contributed by atoms with E-state index < -0.39 is 0 Å². The summed E-state index contributed by atoms with van der Waals surface area (Å²) in [6.45, 7) is 1.06. The maximum atomic E-state index is 6.29. The number of benzene rings is 3. The lowest BCUT2D eigenvalue weighted by Crippen LogP contribution is -2.34. The number of allylic oxidation sites excluding steroid dienone is 1. The van der Waals surface area contributed by atoms with Crippen LogP contribution in [0.15, 0.2) is 108 Å². The van der Waals surface area contributed by atoms with Crippen LogP contribution in [0.1, 0.15) is 34.6 Å². The second-order valence-corrected chi connectivity index (χ2v) is 7.72. The topological polar surface area (TPSA) is 100 Å². The summed E-state index contributed by atoms with van der Waals surface area (Å²) < 4.78 is 0. The summed E-state index contributed by atoms with van der Waals surface area (Å²) >= 11 is 0. The minimum atomic E-state index is -0.273. The van der Waals surface area contributed by atoms with Gasteiger partial charge in [0, 0.05) is 12.2 Å². The summed E-state index contributed by atoms with van der Waals surface area (Å²) in [7, 11) is 0. The maximum Gasteiger partial charge on any atom is 0.145 e. The van der Waals surface area contributed by atoms with Crippen molar-refractivity contribution in [3.8, 4) is 0 Å². The highest BCUT2D eigenvalue weighted by Crippen LogP contribution is 2.26. The van der Waals surface area contributed by atoms with Gasteiger partial charge in [-0.25, -0.2) is 0 Å². The van der Waals surface area contributed by atoms with E-state index in [9.17, 15) is 0 Å². The largest absolute Gasteiger partial charge is 0.379 e. The monoisotopic (exact) mass is 438 g/mol. The minimum absolute atomic E-state index is 0.155. The highest BCUT2D eigenvalue weighted by Gasteiger charge is 2.19. The van der Waals surface area contributed by atoms with Crippen LogP contribution in [0.2, 0.25) is 0 Å². The van der Waals surface area contributed by atoms with E-state index in [0.29, 0.717) is 13.2 Å². The van der Waals surface area contributed by atoms with Gasteiger partial charge in [-0.15, -0.1) is 0 Å². The minimum Gasteiger partial charge on any atom is -0.379 e. The molecule has 7 N–H and O–H groups in total. The van der Waals surface area contributed by atoms with E-state index >= 15 is 0 Å². The highest BCUT2D eigenvalue weighted by atomic mass is 15.1. The van der Waals surface area contributed by atoms with E-state index in [1.165, 1.54) is 0 Å². The molecule has 0 bridgehead atoms. The first-order valence-corrected chi connectivity index (χ1v) is 11.1. The van der Waals surface area contributed by atoms with Crippen LogP contribution >= 0.6 is 0 Å². The van der Waals surface area contributed by atoms with E-state index in [1.807, 2.05) is 48.7 Å². The second-order valence-electron chi connectivity index (χ2n) is 7.72. The molecule has 168 valence electrons. The fraction of sp³-hybridized carbons (Fsp3) is 0.148. The maximum absolute atomic E-state index is 6.29. The smallest absolute Gasteiger partial charge is 0.145 e. The molecule has 0 spiro atoms. The van der Waals surface area contributed by atoms with Crippen molar-refractivity contribution in [3.05, 3.63) is 126 Å². The first-order valence-electron chi connectivity index (χ1n) is 11.1. The zero-order valence-corrected chi connectivity index (χ0v) is 18.5. The predicted molar refractivity (Wildman–Crippen MR) is 136 cm³/mol. The molecule has 0 saturated heterocycles. The second kappa shape index (κ2) is 11.2. The van der Waals surface area contributed by atoms with Gasteiger partial charge < -0.3 is 22.1 Å². The fourth-order valence-corrected chi connectivity index (χ4v) is 3.63. The average Bonchev–Trinajstić information content (AvgIpc) is 2.89. The molecule has 1 aliphatic rings. The molecule has 3 aromatic carbocycles. The van der Waals surface area contributed by atoms with Crippen molar-refractivity contribution in [2.75, 3.05) is 13.2 Å². The molecule has 3 aromatic rings. The standard InChI is InChI=1S/C27H30N6/c28-16-7-17-30-19-31-26(29)22-14-12-21(13-15-22)25-18-24(20-8-3-1-4-9-20)32-27(33-25)23-10-5-2-6-11-23/h1-15,17-18,26-27,30-31,33H,16,19,28-29H2/b17-7-. The molecular weight excluding hydrogens is 408 g/mol. The summed E-state index contributed by atoms with van der Waals surface area (Å²) in [5, 5.41) is 9.93. The number of hydrogen-bond acceptors (Lipinski definition) is 6. The Morgan fingerprint density at radius 3 is 2.30 bits per heavy atom. The van der Waals surface area contributed by atoms with Gasteiger partial charge in [0.2, 0.25) is 0 Å². The molecule has 33 heavy (non-hydrogen) atoms. The molecule has 2 atom stereocenters. The molecule has 0 fully saturated rings. The molecule has 1 heterocycles. The lowest BCUT2D eigenvalue weighted by molar-refractivity contribution is 0.535. The number of nitrogens with two attached hydrogens (primary N) is 2. The average molecular weight is 439 g/mol. The lowest BCUT2D eigenvalue weighted by atomic mass is 10.0. The Hall–Kier alpha value is -3.71. The van der Waals surface area contributed by atoms with Crippen LogP contribution in [-0.2, 0) is 0 Å². The summed E-state index contributed by atoms with van der Waals surface area (Å²) in [6.07, 6.45) is 5.35. The van der Waals surface area contributed by atoms with Gasteiger partial charge in [-0.3, -0.25) is 10.3 Å². The normalized spacial score (nSPS) is 16.6. The molecule has 0 aromatic heterocycles. The predicted octanol–water partition coefficient (Wildman–Crippen LogP) is 3.39. The molecule has 1 aliphatic heterocycles. The molecule has 0 amide bonds. The number of rotatable bonds is 9. The molecule has 6 heteroatoms. The third-order valence-electron chi connectivity index (χ3n) is 5.40. The van der Waals surface area contributed by atoms with Crippen LogP contribution in [0.25, 0.3) is 5.70 Å². The van der Waals surface area contributed by atoms with Crippen LogP contribution < -0.4 is 27.4 Å². The molecule has 0 aliphatic carbocycles. The van der Waals surface area contributed by atoms with E-state index in [1.54, 1.807) is 0 Å². The number of nitrogens with one attached hydrogen (secondary N) is 3. The Bertz CT molecular complexity index is 1100. The van der Waals surface area contributed by atoms with Crippen molar-refractivity contribution >= 4 is 11.4 Å². The van der Waals surface area contributed by atoms with Crippen LogP contribution in [-0.4, -0.2) is 18.9 Å². The van der Waals surface area contributed by atoms with Crippen molar-refractivity contribution in [2.24, 2.45) is 16.5 Å². The molecule has 2 unspecified atom stereocenters. The Labute approximate surface area is 195 Å². The van der Waals surface area contributed by atoms with Crippen molar-refractivity contribution in [2.45, 2.75) is 12.3 Å². The van der Waals surface area contributed by atoms with Crippen LogP contribution in [0.4, 0.5) is 0 Å². The van der Waals surface area contributed by atoms with Gasteiger partial charge in [-0.2, -0.15) is 0 Å². The van der Waals surface area contributed by atoms with E-state index in [-0.39, 0.29) is 12.3 Å². The van der Waals surface area contributed by atoms with Gasteiger partial charge in [0.15, 0.2) is 0 Å². The highest BCUT2D eigenvalue weighted by molar-refractivity contribution is 6.13. The van der Waals surface area contributed by atoms with E-state index in [0.717, 1.165) is 33.7 Å². The SMILES string of the molecule is NC/C=C\NCNC(N)c1ccc(C2=CC(c3ccccc3)=NC(c3ccccc3)N2)cc1. The molecule has 0 radical (unpaired) electrons. The van der Waals surface area contributed by atoms with Gasteiger partial charge in [0.05, 0.1) is 18.5 Å². The first kappa shape index (κ1) is 22.5. The van der Waals surface area contributed by atoms with Crippen molar-refractivity contribution in [3.63, 3.8) is 0 Å². The van der Waals surface area contributed by atoms with E-state index in [4.69, 9.17) is 16.5 Å². The lowest BCUT2D eigenvalue weighted by Gasteiger charge is -2.25. The van der Waals surface area contributed by atoms with Gasteiger partial charge in [-0.05, 0) is 34.5 Å². The Kier molecular flexibility index (Phi) is 7.66. The van der Waals surface area contributed by atoms with Gasteiger partial charge in [0.25, 0.3) is 0 Å². The van der Waals surface area contributed by atoms with Crippen LogP contribution in [0, 0.1) is 0 Å². The Morgan fingerprint density at radius 1 is 0.909 bits per heavy atom. The first-order chi connectivity index (χ1) is 16.2. The van der Waals surface area contributed by atoms with Crippen molar-refractivity contribution in [1.29, 1.82) is 0 Å². The zero-order chi connectivity index (χ0) is 22.9. The third kappa shape index (κ3) is 5.96. The van der Waals surface area contributed by atoms with Crippen LogP contribution in [0.5, 0.6) is 0 Å². The Morgan fingerprint density at radius 2 is 1.61 bits per heavy atom. The van der Waals surface area contributed by atoms with Crippen LogP contribution in [0.3, 0.4) is 0 Å². The van der Waals surface area contributed by atoms with E-state index in [2.05, 4.69) is 70.6 Å². The number of nitrogens with zero attached hydrogens (tertiary/aromatic N) is 1. The van der Waals surface area contributed by atoms with Gasteiger partial charge >= 0.3 is 0 Å². The molecule has 6 nitrogen and oxygen atoms in total. The number of hydrogen-bond donors (Lipinski definition) is 5. The summed E-state index contributed by atoms with van der Waals surface area (Å²) in [4.78, 5) is 4.98. The third-order valence-corrected chi connectivity index (χ3v) is 5.40. The summed E-state index contributed by atoms with van der Waals surface area (Å²) in [5.41, 5.74) is 18.0. The molecular formula is C27H30N6. The summed E-state index contributed by atoms with van der Waals surface area (Å²) in [5.74, 6) is 0. The van der Waals surface area contributed by atoms with Gasteiger partial charge in [0.1, 0.15) is 6.17 Å². The number of aliphatic imine (C=N–C) groups is 1. The molecule has 0 saturated carbocycles. The fourth-order valence-electron chi connectivity index (χ4n) is 3.63. The Balaban J connectivity index is 1.54. The van der Waals surface area contributed by atoms with Crippen molar-refractivity contribution < 1.29 is 0 Å². The zero-order valence-electron chi connectivity index (χ0n) is 18.5. The summed E-state index contributed by atoms with van der Waals surface area (Å²) in [6, 6.07) is 28.8. The van der Waals surface area contributed by atoms with Crippen molar-refractivity contribution in [1.82, 2.24) is 16.0 Å².